The number of unbranched alkanes of at least 4 members (excludes halogenated alkanes) is 28. The second kappa shape index (κ2) is 41.3. The van der Waals surface area contributed by atoms with E-state index in [2.05, 4.69) is 43.5 Å². The molecule has 0 aromatic heterocycles. The van der Waals surface area contributed by atoms with E-state index in [1.807, 2.05) is 6.08 Å². The number of hydrogen-bond donors (Lipinski definition) is 4. The lowest BCUT2D eigenvalue weighted by atomic mass is 10.0. The standard InChI is InChI=1S/C46H87NO4/c1-3-5-7-9-11-13-15-17-19-21-22-23-24-25-27-28-30-32-34-36-38-40-44(49)43(42-48)47-46(51)45(50)41-39-37-35-33-31-29-26-20-18-16-14-12-10-8-6-4-2/h18,20,30,32,38,40,43-45,48-50H,3-17,19,21-29,31,33-37,39,41-42H2,1-2H3,(H,47,51)/b20-18-,32-30+,40-38+. The molecule has 0 aliphatic rings. The van der Waals surface area contributed by atoms with Gasteiger partial charge in [-0.25, -0.2) is 0 Å². The molecule has 0 saturated carbocycles. The van der Waals surface area contributed by atoms with E-state index in [4.69, 9.17) is 0 Å². The average Bonchev–Trinajstić information content (AvgIpc) is 3.13. The van der Waals surface area contributed by atoms with Crippen LogP contribution in [-0.2, 0) is 4.79 Å². The minimum Gasteiger partial charge on any atom is -0.394 e. The molecule has 0 aromatic rings. The van der Waals surface area contributed by atoms with Gasteiger partial charge in [-0.15, -0.1) is 0 Å². The van der Waals surface area contributed by atoms with Crippen molar-refractivity contribution in [1.29, 1.82) is 0 Å². The van der Waals surface area contributed by atoms with Gasteiger partial charge in [0.25, 0.3) is 0 Å². The topological polar surface area (TPSA) is 89.8 Å². The van der Waals surface area contributed by atoms with Gasteiger partial charge < -0.3 is 20.6 Å². The number of amides is 1. The lowest BCUT2D eigenvalue weighted by Crippen LogP contribution is -2.48. The fraction of sp³-hybridized carbons (Fsp3) is 0.848. The fourth-order valence-electron chi connectivity index (χ4n) is 6.67. The molecule has 0 fully saturated rings. The van der Waals surface area contributed by atoms with Gasteiger partial charge in [-0.05, 0) is 57.8 Å². The molecule has 5 nitrogen and oxygen atoms in total. The van der Waals surface area contributed by atoms with Crippen molar-refractivity contribution in [3.05, 3.63) is 36.5 Å². The molecule has 0 aliphatic heterocycles. The van der Waals surface area contributed by atoms with Crippen LogP contribution in [0.25, 0.3) is 0 Å². The second-order valence-corrected chi connectivity index (χ2v) is 15.2. The van der Waals surface area contributed by atoms with Crippen LogP contribution in [0.15, 0.2) is 36.5 Å². The third-order valence-electron chi connectivity index (χ3n) is 10.2. The van der Waals surface area contributed by atoms with Crippen molar-refractivity contribution in [3.8, 4) is 0 Å². The van der Waals surface area contributed by atoms with Crippen molar-refractivity contribution in [2.45, 2.75) is 244 Å². The minimum atomic E-state index is -1.11. The van der Waals surface area contributed by atoms with E-state index in [0.717, 1.165) is 38.5 Å². The molecule has 0 spiro atoms. The molecule has 0 bridgehead atoms. The van der Waals surface area contributed by atoms with Crippen LogP contribution < -0.4 is 5.32 Å². The number of aliphatic hydroxyl groups is 3. The van der Waals surface area contributed by atoms with Crippen LogP contribution in [-0.4, -0.2) is 46.1 Å². The highest BCUT2D eigenvalue weighted by Crippen LogP contribution is 2.15. The molecular formula is C46H87NO4. The Morgan fingerprint density at radius 3 is 1.20 bits per heavy atom. The molecule has 0 saturated heterocycles. The number of carbonyl (C=O) groups excluding carboxylic acids is 1. The number of allylic oxidation sites excluding steroid dienone is 5. The molecule has 300 valence electrons. The van der Waals surface area contributed by atoms with Crippen LogP contribution in [0.5, 0.6) is 0 Å². The number of hydrogen-bond acceptors (Lipinski definition) is 4. The van der Waals surface area contributed by atoms with Gasteiger partial charge >= 0.3 is 0 Å². The quantitative estimate of drug-likeness (QED) is 0.0375. The Kier molecular flexibility index (Phi) is 40.2. The van der Waals surface area contributed by atoms with Gasteiger partial charge in [-0.1, -0.05) is 204 Å². The predicted molar refractivity (Wildman–Crippen MR) is 222 cm³/mol. The number of carbonyl (C=O) groups is 1. The van der Waals surface area contributed by atoms with Crippen molar-refractivity contribution in [3.63, 3.8) is 0 Å². The summed E-state index contributed by atoms with van der Waals surface area (Å²) in [5.41, 5.74) is 0. The summed E-state index contributed by atoms with van der Waals surface area (Å²) in [5.74, 6) is -0.518. The van der Waals surface area contributed by atoms with E-state index in [1.165, 1.54) is 167 Å². The summed E-state index contributed by atoms with van der Waals surface area (Å²) in [6.45, 7) is 4.17. The van der Waals surface area contributed by atoms with Gasteiger partial charge in [0.05, 0.1) is 18.8 Å². The summed E-state index contributed by atoms with van der Waals surface area (Å²) in [6, 6.07) is -0.816. The summed E-state index contributed by atoms with van der Waals surface area (Å²) < 4.78 is 0. The van der Waals surface area contributed by atoms with Gasteiger partial charge in [0.15, 0.2) is 0 Å². The third kappa shape index (κ3) is 36.7. The zero-order chi connectivity index (χ0) is 37.3. The van der Waals surface area contributed by atoms with Crippen molar-refractivity contribution < 1.29 is 20.1 Å². The Bertz CT molecular complexity index is 794. The van der Waals surface area contributed by atoms with Gasteiger partial charge in [0, 0.05) is 0 Å². The van der Waals surface area contributed by atoms with Gasteiger partial charge in [-0.3, -0.25) is 4.79 Å². The molecule has 3 atom stereocenters. The zero-order valence-corrected chi connectivity index (χ0v) is 34.0. The lowest BCUT2D eigenvalue weighted by Gasteiger charge is -2.21. The van der Waals surface area contributed by atoms with Crippen LogP contribution >= 0.6 is 0 Å². The van der Waals surface area contributed by atoms with E-state index in [0.29, 0.717) is 6.42 Å². The summed E-state index contributed by atoms with van der Waals surface area (Å²) in [7, 11) is 0. The SMILES string of the molecule is CCCCCCCC/C=C\CCCCCCCCC(O)C(=O)NC(CO)C(O)/C=C/CC/C=C/CCCCCCCCCCCCCCCCC. The van der Waals surface area contributed by atoms with E-state index in [1.54, 1.807) is 6.08 Å². The molecule has 0 aromatic carbocycles. The molecule has 0 heterocycles. The van der Waals surface area contributed by atoms with Crippen molar-refractivity contribution in [2.75, 3.05) is 6.61 Å². The first-order valence-corrected chi connectivity index (χ1v) is 22.3. The van der Waals surface area contributed by atoms with Gasteiger partial charge in [-0.2, -0.15) is 0 Å². The highest BCUT2D eigenvalue weighted by atomic mass is 16.3. The minimum absolute atomic E-state index is 0.378. The first-order valence-electron chi connectivity index (χ1n) is 22.3. The fourth-order valence-corrected chi connectivity index (χ4v) is 6.67. The number of nitrogens with one attached hydrogen (secondary N) is 1. The Balaban J connectivity index is 3.72. The van der Waals surface area contributed by atoms with E-state index in [-0.39, 0.29) is 6.61 Å². The molecule has 4 N–H and O–H groups in total. The molecule has 0 rings (SSSR count). The summed E-state index contributed by atoms with van der Waals surface area (Å²) in [5, 5.41) is 33.1. The highest BCUT2D eigenvalue weighted by Gasteiger charge is 2.22. The van der Waals surface area contributed by atoms with Crippen LogP contribution in [0.1, 0.15) is 226 Å². The highest BCUT2D eigenvalue weighted by molar-refractivity contribution is 5.80. The van der Waals surface area contributed by atoms with Crippen LogP contribution in [0.4, 0.5) is 0 Å². The number of rotatable bonds is 40. The third-order valence-corrected chi connectivity index (χ3v) is 10.2. The van der Waals surface area contributed by atoms with Gasteiger partial charge in [0.1, 0.15) is 6.10 Å². The van der Waals surface area contributed by atoms with E-state index < -0.39 is 24.2 Å². The Morgan fingerprint density at radius 2 is 0.804 bits per heavy atom. The van der Waals surface area contributed by atoms with E-state index >= 15 is 0 Å². The smallest absolute Gasteiger partial charge is 0.249 e. The molecular weight excluding hydrogens is 631 g/mol. The van der Waals surface area contributed by atoms with Crippen molar-refractivity contribution >= 4 is 5.91 Å². The van der Waals surface area contributed by atoms with Crippen molar-refractivity contribution in [2.24, 2.45) is 0 Å². The second-order valence-electron chi connectivity index (χ2n) is 15.2. The first-order chi connectivity index (χ1) is 25.1. The van der Waals surface area contributed by atoms with E-state index in [9.17, 15) is 20.1 Å². The van der Waals surface area contributed by atoms with Crippen LogP contribution in [0.2, 0.25) is 0 Å². The maximum absolute atomic E-state index is 12.4. The molecule has 0 aliphatic carbocycles. The summed E-state index contributed by atoms with van der Waals surface area (Å²) in [4.78, 5) is 12.4. The molecule has 1 amide bonds. The Morgan fingerprint density at radius 1 is 0.471 bits per heavy atom. The van der Waals surface area contributed by atoms with Gasteiger partial charge in [0.2, 0.25) is 5.91 Å². The first kappa shape index (κ1) is 49.6. The Hall–Kier alpha value is -1.43. The monoisotopic (exact) mass is 718 g/mol. The lowest BCUT2D eigenvalue weighted by molar-refractivity contribution is -0.131. The van der Waals surface area contributed by atoms with Crippen molar-refractivity contribution in [1.82, 2.24) is 5.32 Å². The zero-order valence-electron chi connectivity index (χ0n) is 34.0. The predicted octanol–water partition coefficient (Wildman–Crippen LogP) is 12.8. The van der Waals surface area contributed by atoms with Crippen LogP contribution in [0, 0.1) is 0 Å². The number of aliphatic hydroxyl groups excluding tert-OH is 3. The molecule has 0 radical (unpaired) electrons. The molecule has 3 unspecified atom stereocenters. The summed E-state index contributed by atoms with van der Waals surface area (Å²) >= 11 is 0. The maximum Gasteiger partial charge on any atom is 0.249 e. The largest absolute Gasteiger partial charge is 0.394 e. The Labute approximate surface area is 317 Å². The average molecular weight is 718 g/mol. The van der Waals surface area contributed by atoms with Crippen LogP contribution in [0.3, 0.4) is 0 Å². The molecule has 51 heavy (non-hydrogen) atoms. The molecule has 5 heteroatoms. The maximum atomic E-state index is 12.4. The normalized spacial score (nSPS) is 13.9. The summed E-state index contributed by atoms with van der Waals surface area (Å²) in [6.07, 6.45) is 51.8.